The summed E-state index contributed by atoms with van der Waals surface area (Å²) in [5.41, 5.74) is 2.13. The standard InChI is InChI=1S/C22H22N2O3/c1-15(2)27-21(25)14-20(16-8-4-3-5-9-16)24-22(26)18-12-13-23-19-11-7-6-10-17(18)19/h3-13,15,20H,14H2,1-2H3,(H,24,26). The van der Waals surface area contributed by atoms with Crippen molar-refractivity contribution in [1.29, 1.82) is 0 Å². The Morgan fingerprint density at radius 3 is 2.44 bits per heavy atom. The predicted octanol–water partition coefficient (Wildman–Crippen LogP) is 4.05. The summed E-state index contributed by atoms with van der Waals surface area (Å²) in [4.78, 5) is 29.4. The Kier molecular flexibility index (Phi) is 5.81. The number of fused-ring (bicyclic) bond motifs is 1. The normalized spacial score (nSPS) is 12.0. The van der Waals surface area contributed by atoms with Gasteiger partial charge in [0, 0.05) is 11.6 Å². The van der Waals surface area contributed by atoms with Gasteiger partial charge in [-0.1, -0.05) is 48.5 Å². The van der Waals surface area contributed by atoms with Crippen LogP contribution >= 0.6 is 0 Å². The molecule has 1 unspecified atom stereocenters. The Bertz CT molecular complexity index is 933. The Balaban J connectivity index is 1.86. The Hall–Kier alpha value is -3.21. The Labute approximate surface area is 158 Å². The minimum Gasteiger partial charge on any atom is -0.463 e. The molecule has 1 N–H and O–H groups in total. The molecule has 1 heterocycles. The lowest BCUT2D eigenvalue weighted by molar-refractivity contribution is -0.147. The second kappa shape index (κ2) is 8.45. The number of ether oxygens (including phenoxy) is 1. The smallest absolute Gasteiger partial charge is 0.308 e. The molecular formula is C22H22N2O3. The van der Waals surface area contributed by atoms with E-state index >= 15 is 0 Å². The van der Waals surface area contributed by atoms with Gasteiger partial charge in [0.1, 0.15) is 0 Å². The third-order valence-electron chi connectivity index (χ3n) is 4.14. The van der Waals surface area contributed by atoms with Crippen molar-refractivity contribution in [2.45, 2.75) is 32.4 Å². The molecule has 0 saturated carbocycles. The van der Waals surface area contributed by atoms with Crippen LogP contribution in [0.25, 0.3) is 10.9 Å². The van der Waals surface area contributed by atoms with Gasteiger partial charge in [0.05, 0.1) is 29.6 Å². The molecule has 2 aromatic carbocycles. The van der Waals surface area contributed by atoms with Crippen LogP contribution in [0.2, 0.25) is 0 Å². The second-order valence-corrected chi connectivity index (χ2v) is 6.56. The van der Waals surface area contributed by atoms with E-state index in [1.165, 1.54) is 0 Å². The van der Waals surface area contributed by atoms with Gasteiger partial charge in [0.25, 0.3) is 5.91 Å². The predicted molar refractivity (Wildman–Crippen MR) is 104 cm³/mol. The van der Waals surface area contributed by atoms with E-state index in [0.717, 1.165) is 16.5 Å². The summed E-state index contributed by atoms with van der Waals surface area (Å²) < 4.78 is 5.26. The molecule has 0 aliphatic carbocycles. The highest BCUT2D eigenvalue weighted by Crippen LogP contribution is 2.21. The number of nitrogens with zero attached hydrogens (tertiary/aromatic N) is 1. The van der Waals surface area contributed by atoms with Crippen molar-refractivity contribution in [2.24, 2.45) is 0 Å². The molecule has 1 aromatic heterocycles. The summed E-state index contributed by atoms with van der Waals surface area (Å²) in [5.74, 6) is -0.599. The maximum atomic E-state index is 13.0. The zero-order valence-corrected chi connectivity index (χ0v) is 15.4. The SMILES string of the molecule is CC(C)OC(=O)CC(NC(=O)c1ccnc2ccccc12)c1ccccc1. The minimum atomic E-state index is -0.475. The van der Waals surface area contributed by atoms with E-state index in [2.05, 4.69) is 10.3 Å². The van der Waals surface area contributed by atoms with Crippen LogP contribution in [0.3, 0.4) is 0 Å². The maximum absolute atomic E-state index is 13.0. The van der Waals surface area contributed by atoms with Gasteiger partial charge in [-0.3, -0.25) is 14.6 Å². The van der Waals surface area contributed by atoms with E-state index in [-0.39, 0.29) is 24.4 Å². The lowest BCUT2D eigenvalue weighted by atomic mass is 10.0. The number of hydrogen-bond acceptors (Lipinski definition) is 4. The number of carbonyl (C=O) groups excluding carboxylic acids is 2. The fourth-order valence-corrected chi connectivity index (χ4v) is 2.95. The van der Waals surface area contributed by atoms with Gasteiger partial charge in [0.2, 0.25) is 0 Å². The summed E-state index contributed by atoms with van der Waals surface area (Å²) in [5, 5.41) is 3.75. The molecule has 1 atom stereocenters. The number of aromatic nitrogens is 1. The van der Waals surface area contributed by atoms with Crippen LogP contribution in [-0.4, -0.2) is 23.0 Å². The average Bonchev–Trinajstić information content (AvgIpc) is 2.67. The lowest BCUT2D eigenvalue weighted by Gasteiger charge is -2.20. The van der Waals surface area contributed by atoms with Crippen LogP contribution < -0.4 is 5.32 Å². The van der Waals surface area contributed by atoms with Crippen molar-refractivity contribution in [1.82, 2.24) is 10.3 Å². The monoisotopic (exact) mass is 362 g/mol. The number of para-hydroxylation sites is 1. The van der Waals surface area contributed by atoms with Crippen molar-refractivity contribution < 1.29 is 14.3 Å². The Morgan fingerprint density at radius 2 is 1.70 bits per heavy atom. The van der Waals surface area contributed by atoms with Gasteiger partial charge in [0.15, 0.2) is 0 Å². The number of benzene rings is 2. The van der Waals surface area contributed by atoms with Gasteiger partial charge in [-0.25, -0.2) is 0 Å². The third kappa shape index (κ3) is 4.70. The average molecular weight is 362 g/mol. The number of amides is 1. The second-order valence-electron chi connectivity index (χ2n) is 6.56. The molecule has 5 nitrogen and oxygen atoms in total. The highest BCUT2D eigenvalue weighted by molar-refractivity contribution is 6.06. The van der Waals surface area contributed by atoms with E-state index in [4.69, 9.17) is 4.74 Å². The first-order valence-corrected chi connectivity index (χ1v) is 8.93. The highest BCUT2D eigenvalue weighted by Gasteiger charge is 2.21. The first-order chi connectivity index (χ1) is 13.0. The van der Waals surface area contributed by atoms with E-state index in [1.807, 2.05) is 54.6 Å². The van der Waals surface area contributed by atoms with Crippen LogP contribution in [0.5, 0.6) is 0 Å². The molecule has 0 aliphatic rings. The first kappa shape index (κ1) is 18.6. The van der Waals surface area contributed by atoms with E-state index in [0.29, 0.717) is 5.56 Å². The molecule has 0 radical (unpaired) electrons. The van der Waals surface area contributed by atoms with Crippen molar-refractivity contribution in [2.75, 3.05) is 0 Å². The van der Waals surface area contributed by atoms with E-state index < -0.39 is 6.04 Å². The van der Waals surface area contributed by atoms with E-state index in [9.17, 15) is 9.59 Å². The molecule has 3 rings (SSSR count). The fourth-order valence-electron chi connectivity index (χ4n) is 2.95. The molecule has 0 saturated heterocycles. The van der Waals surface area contributed by atoms with Crippen LogP contribution in [0.1, 0.15) is 42.2 Å². The number of nitrogens with one attached hydrogen (secondary N) is 1. The summed E-state index contributed by atoms with van der Waals surface area (Å²) in [6, 6.07) is 18.1. The molecule has 0 spiro atoms. The zero-order valence-electron chi connectivity index (χ0n) is 15.4. The number of pyridine rings is 1. The van der Waals surface area contributed by atoms with Crippen LogP contribution in [0.15, 0.2) is 66.9 Å². The molecular weight excluding hydrogens is 340 g/mol. The lowest BCUT2D eigenvalue weighted by Crippen LogP contribution is -2.31. The largest absolute Gasteiger partial charge is 0.463 e. The molecule has 5 heteroatoms. The number of carbonyl (C=O) groups is 2. The summed E-state index contributed by atoms with van der Waals surface area (Å²) in [7, 11) is 0. The summed E-state index contributed by atoms with van der Waals surface area (Å²) >= 11 is 0. The molecule has 0 fully saturated rings. The van der Waals surface area contributed by atoms with Gasteiger partial charge in [-0.15, -0.1) is 0 Å². The quantitative estimate of drug-likeness (QED) is 0.672. The van der Waals surface area contributed by atoms with Gasteiger partial charge in [-0.2, -0.15) is 0 Å². The van der Waals surface area contributed by atoms with Crippen LogP contribution in [-0.2, 0) is 9.53 Å². The molecule has 1 amide bonds. The summed E-state index contributed by atoms with van der Waals surface area (Å²) in [6.45, 7) is 3.61. The number of rotatable bonds is 6. The van der Waals surface area contributed by atoms with Crippen LogP contribution in [0.4, 0.5) is 0 Å². The van der Waals surface area contributed by atoms with Crippen molar-refractivity contribution in [3.05, 3.63) is 78.0 Å². The van der Waals surface area contributed by atoms with E-state index in [1.54, 1.807) is 26.1 Å². The van der Waals surface area contributed by atoms with Gasteiger partial charge >= 0.3 is 5.97 Å². The zero-order chi connectivity index (χ0) is 19.2. The van der Waals surface area contributed by atoms with Gasteiger partial charge in [-0.05, 0) is 31.5 Å². The highest BCUT2D eigenvalue weighted by atomic mass is 16.5. The molecule has 3 aromatic rings. The van der Waals surface area contributed by atoms with Crippen molar-refractivity contribution >= 4 is 22.8 Å². The number of esters is 1. The molecule has 0 bridgehead atoms. The van der Waals surface area contributed by atoms with Crippen LogP contribution in [0, 0.1) is 0 Å². The molecule has 27 heavy (non-hydrogen) atoms. The van der Waals surface area contributed by atoms with Crippen molar-refractivity contribution in [3.8, 4) is 0 Å². The van der Waals surface area contributed by atoms with Gasteiger partial charge < -0.3 is 10.1 Å². The molecule has 138 valence electrons. The fraction of sp³-hybridized carbons (Fsp3) is 0.227. The first-order valence-electron chi connectivity index (χ1n) is 8.93. The minimum absolute atomic E-state index is 0.0664. The molecule has 0 aliphatic heterocycles. The Morgan fingerprint density at radius 1 is 1.00 bits per heavy atom. The summed E-state index contributed by atoms with van der Waals surface area (Å²) in [6.07, 6.45) is 1.48. The van der Waals surface area contributed by atoms with Crippen molar-refractivity contribution in [3.63, 3.8) is 0 Å². The maximum Gasteiger partial charge on any atom is 0.308 e. The topological polar surface area (TPSA) is 68.3 Å². The number of hydrogen-bond donors (Lipinski definition) is 1. The third-order valence-corrected chi connectivity index (χ3v) is 4.14.